The van der Waals surface area contributed by atoms with Crippen LogP contribution in [0.1, 0.15) is 13.8 Å². The second-order valence-corrected chi connectivity index (χ2v) is 10.1. The third kappa shape index (κ3) is 3.57. The first-order valence-corrected chi connectivity index (χ1v) is 13.6. The monoisotopic (exact) mass is 482 g/mol. The van der Waals surface area contributed by atoms with Gasteiger partial charge in [-0.15, -0.1) is 0 Å². The van der Waals surface area contributed by atoms with Crippen LogP contribution in [0.5, 0.6) is 0 Å². The summed E-state index contributed by atoms with van der Waals surface area (Å²) in [6, 6.07) is 42.5. The van der Waals surface area contributed by atoms with E-state index < -0.39 is 10.8 Å². The number of benzene rings is 6. The van der Waals surface area contributed by atoms with Crippen LogP contribution in [-0.4, -0.2) is 4.21 Å². The molecule has 0 bridgehead atoms. The largest absolute Gasteiger partial charge is 0.249 e. The van der Waals surface area contributed by atoms with Gasteiger partial charge in [0.1, 0.15) is 0 Å². The molecule has 2 heteroatoms. The lowest BCUT2D eigenvalue weighted by molar-refractivity contribution is 0.685. The molecule has 1 unspecified atom stereocenters. The summed E-state index contributed by atoms with van der Waals surface area (Å²) in [5, 5.41) is 5.05. The summed E-state index contributed by atoms with van der Waals surface area (Å²) >= 11 is 0. The smallest absolute Gasteiger partial charge is 0.0868 e. The van der Waals surface area contributed by atoms with Gasteiger partial charge in [-0.25, -0.2) is 4.21 Å². The summed E-state index contributed by atoms with van der Waals surface area (Å²) in [6.07, 6.45) is 0. The van der Waals surface area contributed by atoms with Crippen LogP contribution >= 0.6 is 0 Å². The van der Waals surface area contributed by atoms with Crippen LogP contribution in [0.2, 0.25) is 0 Å². The van der Waals surface area contributed by atoms with Gasteiger partial charge in [0.05, 0.1) is 20.6 Å². The van der Waals surface area contributed by atoms with Crippen molar-refractivity contribution in [1.82, 2.24) is 0 Å². The van der Waals surface area contributed by atoms with Crippen molar-refractivity contribution in [2.45, 2.75) is 23.6 Å². The Morgan fingerprint density at radius 2 is 1.11 bits per heavy atom. The molecule has 0 aliphatic carbocycles. The molecule has 6 aromatic rings. The van der Waals surface area contributed by atoms with Crippen molar-refractivity contribution in [3.05, 3.63) is 121 Å². The van der Waals surface area contributed by atoms with E-state index in [0.29, 0.717) is 0 Å². The lowest BCUT2D eigenvalue weighted by atomic mass is 9.94. The zero-order valence-electron chi connectivity index (χ0n) is 20.4. The second kappa shape index (κ2) is 9.22. The molecule has 6 aromatic carbocycles. The molecule has 1 heterocycles. The standard InChI is InChI=1S/C32H20OS.C2H6/c33-34-31-14-4-3-11-29(31)30-13-6-12-28(32(30)34)24-9-5-8-22(19-24)23-17-18-27-25(20-23)16-15-21-7-1-2-10-26(21)27;1-2/h1-20H;1-2H3. The molecule has 1 nitrogen and oxygen atoms in total. The van der Waals surface area contributed by atoms with Crippen molar-refractivity contribution >= 4 is 32.3 Å². The van der Waals surface area contributed by atoms with Crippen LogP contribution < -0.4 is 0 Å². The minimum atomic E-state index is -1.17. The Morgan fingerprint density at radius 3 is 2.03 bits per heavy atom. The molecule has 0 spiro atoms. The molecular formula is C34H26OS. The predicted molar refractivity (Wildman–Crippen MR) is 154 cm³/mol. The van der Waals surface area contributed by atoms with Gasteiger partial charge < -0.3 is 0 Å². The van der Waals surface area contributed by atoms with Crippen LogP contribution in [0.4, 0.5) is 0 Å². The fourth-order valence-corrected chi connectivity index (χ4v) is 6.76. The van der Waals surface area contributed by atoms with Gasteiger partial charge in [-0.1, -0.05) is 117 Å². The van der Waals surface area contributed by atoms with Gasteiger partial charge >= 0.3 is 0 Å². The quantitative estimate of drug-likeness (QED) is 0.224. The van der Waals surface area contributed by atoms with Crippen LogP contribution in [-0.2, 0) is 10.8 Å². The van der Waals surface area contributed by atoms with E-state index in [1.807, 2.05) is 32.0 Å². The van der Waals surface area contributed by atoms with Crippen molar-refractivity contribution in [2.24, 2.45) is 0 Å². The highest BCUT2D eigenvalue weighted by molar-refractivity contribution is 7.86. The Hall–Kier alpha value is -4.01. The van der Waals surface area contributed by atoms with Gasteiger partial charge in [0.15, 0.2) is 0 Å². The fourth-order valence-electron chi connectivity index (χ4n) is 5.20. The molecule has 0 radical (unpaired) electrons. The van der Waals surface area contributed by atoms with Crippen LogP contribution in [0, 0.1) is 0 Å². The number of hydrogen-bond donors (Lipinski definition) is 0. The Balaban J connectivity index is 0.00000117. The highest BCUT2D eigenvalue weighted by Crippen LogP contribution is 2.45. The molecular weight excluding hydrogens is 456 g/mol. The maximum atomic E-state index is 13.4. The molecule has 0 saturated heterocycles. The first-order chi connectivity index (χ1) is 17.8. The SMILES string of the molecule is CC.O=S1c2ccccc2-c2cccc(-c3cccc(-c4ccc5c(ccc6ccccc65)c4)c3)c21. The Morgan fingerprint density at radius 1 is 0.472 bits per heavy atom. The minimum absolute atomic E-state index is 0.905. The van der Waals surface area contributed by atoms with E-state index in [1.54, 1.807) is 0 Å². The molecule has 1 atom stereocenters. The van der Waals surface area contributed by atoms with Crippen molar-refractivity contribution in [3.63, 3.8) is 0 Å². The van der Waals surface area contributed by atoms with Gasteiger partial charge in [-0.3, -0.25) is 0 Å². The van der Waals surface area contributed by atoms with E-state index >= 15 is 0 Å². The number of rotatable bonds is 2. The minimum Gasteiger partial charge on any atom is -0.249 e. The van der Waals surface area contributed by atoms with Crippen LogP contribution in [0.15, 0.2) is 131 Å². The molecule has 36 heavy (non-hydrogen) atoms. The topological polar surface area (TPSA) is 17.1 Å². The molecule has 7 rings (SSSR count). The first kappa shape index (κ1) is 22.5. The first-order valence-electron chi connectivity index (χ1n) is 12.4. The third-order valence-electron chi connectivity index (χ3n) is 6.83. The molecule has 0 N–H and O–H groups in total. The normalized spacial score (nSPS) is 13.7. The molecule has 0 amide bonds. The summed E-state index contributed by atoms with van der Waals surface area (Å²) in [7, 11) is -1.17. The van der Waals surface area contributed by atoms with Gasteiger partial charge in [0.2, 0.25) is 0 Å². The van der Waals surface area contributed by atoms with Crippen molar-refractivity contribution in [3.8, 4) is 33.4 Å². The van der Waals surface area contributed by atoms with E-state index in [4.69, 9.17) is 0 Å². The van der Waals surface area contributed by atoms with Gasteiger partial charge in [-0.2, -0.15) is 0 Å². The van der Waals surface area contributed by atoms with Crippen LogP contribution in [0.3, 0.4) is 0 Å². The lowest BCUT2D eigenvalue weighted by Crippen LogP contribution is -1.91. The van der Waals surface area contributed by atoms with Gasteiger partial charge in [0.25, 0.3) is 0 Å². The molecule has 0 aromatic heterocycles. The van der Waals surface area contributed by atoms with Crippen molar-refractivity contribution in [1.29, 1.82) is 0 Å². The summed E-state index contributed by atoms with van der Waals surface area (Å²) in [5.74, 6) is 0. The molecule has 0 fully saturated rings. The fraction of sp³-hybridized carbons (Fsp3) is 0.0588. The molecule has 1 aliphatic rings. The van der Waals surface area contributed by atoms with Crippen LogP contribution in [0.25, 0.3) is 54.9 Å². The highest BCUT2D eigenvalue weighted by atomic mass is 32.2. The average molecular weight is 483 g/mol. The van der Waals surface area contributed by atoms with E-state index in [1.165, 1.54) is 27.1 Å². The van der Waals surface area contributed by atoms with E-state index in [2.05, 4.69) is 103 Å². The molecule has 1 aliphatic heterocycles. The van der Waals surface area contributed by atoms with Gasteiger partial charge in [0, 0.05) is 5.56 Å². The zero-order chi connectivity index (χ0) is 24.6. The number of hydrogen-bond acceptors (Lipinski definition) is 1. The average Bonchev–Trinajstić information content (AvgIpc) is 3.26. The van der Waals surface area contributed by atoms with E-state index in [9.17, 15) is 4.21 Å². The summed E-state index contributed by atoms with van der Waals surface area (Å²) in [5.41, 5.74) is 6.63. The Kier molecular flexibility index (Phi) is 5.75. The maximum absolute atomic E-state index is 13.4. The molecule has 0 saturated carbocycles. The van der Waals surface area contributed by atoms with Crippen molar-refractivity contribution < 1.29 is 4.21 Å². The van der Waals surface area contributed by atoms with Crippen molar-refractivity contribution in [2.75, 3.05) is 0 Å². The van der Waals surface area contributed by atoms with E-state index in [0.717, 1.165) is 37.6 Å². The predicted octanol–water partition coefficient (Wildman–Crippen LogP) is 9.50. The Labute approximate surface area is 214 Å². The summed E-state index contributed by atoms with van der Waals surface area (Å²) in [6.45, 7) is 4.00. The summed E-state index contributed by atoms with van der Waals surface area (Å²) in [4.78, 5) is 1.83. The molecule has 174 valence electrons. The maximum Gasteiger partial charge on any atom is 0.0868 e. The third-order valence-corrected chi connectivity index (χ3v) is 8.40. The Bertz CT molecular complexity index is 1780. The van der Waals surface area contributed by atoms with E-state index in [-0.39, 0.29) is 0 Å². The van der Waals surface area contributed by atoms with Gasteiger partial charge in [-0.05, 0) is 67.6 Å². The summed E-state index contributed by atoms with van der Waals surface area (Å²) < 4.78 is 13.4. The second-order valence-electron chi connectivity index (χ2n) is 8.75. The zero-order valence-corrected chi connectivity index (χ0v) is 21.2. The highest BCUT2D eigenvalue weighted by Gasteiger charge is 2.28. The lowest BCUT2D eigenvalue weighted by Gasteiger charge is -2.11. The number of fused-ring (bicyclic) bond motifs is 6.